The third kappa shape index (κ3) is 1.92. The van der Waals surface area contributed by atoms with Crippen molar-refractivity contribution in [3.8, 4) is 17.0 Å². The van der Waals surface area contributed by atoms with E-state index in [1.54, 1.807) is 12.1 Å². The molecule has 1 aromatic carbocycles. The lowest BCUT2D eigenvalue weighted by Crippen LogP contribution is -2.13. The number of benzene rings is 1. The average Bonchev–Trinajstić information content (AvgIpc) is 2.23. The second kappa shape index (κ2) is 3.97. The lowest BCUT2D eigenvalue weighted by atomic mass is 10.1. The van der Waals surface area contributed by atoms with Gasteiger partial charge in [-0.15, -0.1) is 0 Å². The number of hydrogen-bond donors (Lipinski definition) is 3. The van der Waals surface area contributed by atoms with Crippen LogP contribution in [0.4, 0.5) is 5.95 Å². The van der Waals surface area contributed by atoms with Crippen LogP contribution in [0, 0.1) is 0 Å². The Labute approximate surface area is 99.1 Å². The number of aromatic nitrogens is 2. The minimum Gasteiger partial charge on any atom is -0.508 e. The van der Waals surface area contributed by atoms with Crippen molar-refractivity contribution in [2.75, 3.05) is 5.73 Å². The van der Waals surface area contributed by atoms with E-state index in [-0.39, 0.29) is 21.7 Å². The summed E-state index contributed by atoms with van der Waals surface area (Å²) in [5, 5.41) is 9.34. The number of nitrogens with one attached hydrogen (secondary N) is 1. The Morgan fingerprint density at radius 2 is 2.19 bits per heavy atom. The van der Waals surface area contributed by atoms with Crippen molar-refractivity contribution in [2.24, 2.45) is 0 Å². The first-order chi connectivity index (χ1) is 7.58. The van der Waals surface area contributed by atoms with Gasteiger partial charge in [-0.3, -0.25) is 9.78 Å². The summed E-state index contributed by atoms with van der Waals surface area (Å²) in [5.41, 5.74) is 6.11. The molecule has 0 saturated heterocycles. The molecule has 0 fully saturated rings. The maximum absolute atomic E-state index is 11.4. The van der Waals surface area contributed by atoms with Gasteiger partial charge in [0.15, 0.2) is 0 Å². The van der Waals surface area contributed by atoms with E-state index in [0.29, 0.717) is 11.3 Å². The van der Waals surface area contributed by atoms with Crippen molar-refractivity contribution in [2.45, 2.75) is 0 Å². The van der Waals surface area contributed by atoms with E-state index in [1.807, 2.05) is 0 Å². The number of halogens is 1. The smallest absolute Gasteiger partial charge is 0.267 e. The van der Waals surface area contributed by atoms with E-state index in [0.717, 1.165) is 0 Å². The number of rotatable bonds is 1. The summed E-state index contributed by atoms with van der Waals surface area (Å²) >= 11 is 3.13. The number of H-pyrrole nitrogens is 1. The van der Waals surface area contributed by atoms with E-state index in [9.17, 15) is 9.90 Å². The number of aromatic amines is 1. The molecule has 1 aromatic heterocycles. The highest BCUT2D eigenvalue weighted by Gasteiger charge is 2.10. The van der Waals surface area contributed by atoms with Crippen molar-refractivity contribution in [1.82, 2.24) is 9.97 Å². The molecule has 0 saturated carbocycles. The Morgan fingerprint density at radius 1 is 1.44 bits per heavy atom. The Bertz CT molecular complexity index is 595. The van der Waals surface area contributed by atoms with Gasteiger partial charge in [0, 0.05) is 5.56 Å². The summed E-state index contributed by atoms with van der Waals surface area (Å²) in [6, 6.07) is 6.43. The third-order valence-electron chi connectivity index (χ3n) is 2.00. The first kappa shape index (κ1) is 10.7. The fourth-order valence-corrected chi connectivity index (χ4v) is 1.74. The SMILES string of the molecule is Nc1nc(-c2cccc(O)c2)c(Br)c(=O)[nH]1. The third-order valence-corrected chi connectivity index (χ3v) is 2.74. The predicted molar refractivity (Wildman–Crippen MR) is 64.1 cm³/mol. The molecule has 6 heteroatoms. The number of phenolic OH excluding ortho intramolecular Hbond substituents is 1. The molecule has 0 amide bonds. The van der Waals surface area contributed by atoms with Gasteiger partial charge in [0.2, 0.25) is 5.95 Å². The Morgan fingerprint density at radius 3 is 2.88 bits per heavy atom. The zero-order valence-electron chi connectivity index (χ0n) is 8.07. The van der Waals surface area contributed by atoms with Gasteiger partial charge in [0.1, 0.15) is 10.2 Å². The molecule has 0 aliphatic rings. The van der Waals surface area contributed by atoms with Gasteiger partial charge in [-0.25, -0.2) is 4.98 Å². The van der Waals surface area contributed by atoms with Gasteiger partial charge in [-0.1, -0.05) is 12.1 Å². The van der Waals surface area contributed by atoms with Crippen LogP contribution in [0.15, 0.2) is 33.5 Å². The number of nitrogen functional groups attached to an aromatic ring is 1. The number of aromatic hydroxyl groups is 1. The normalized spacial score (nSPS) is 10.3. The molecule has 2 aromatic rings. The maximum Gasteiger partial charge on any atom is 0.267 e. The molecular formula is C10H8BrN3O2. The van der Waals surface area contributed by atoms with Crippen LogP contribution in [-0.4, -0.2) is 15.1 Å². The topological polar surface area (TPSA) is 92.0 Å². The maximum atomic E-state index is 11.4. The van der Waals surface area contributed by atoms with Gasteiger partial charge < -0.3 is 10.8 Å². The van der Waals surface area contributed by atoms with Crippen molar-refractivity contribution in [3.63, 3.8) is 0 Å². The van der Waals surface area contributed by atoms with Gasteiger partial charge in [0.05, 0.1) is 5.69 Å². The molecule has 0 spiro atoms. The number of phenols is 1. The molecule has 0 aliphatic carbocycles. The molecule has 4 N–H and O–H groups in total. The van der Waals surface area contributed by atoms with Crippen LogP contribution in [-0.2, 0) is 0 Å². The minimum absolute atomic E-state index is 0.0338. The van der Waals surface area contributed by atoms with Crippen molar-refractivity contribution in [3.05, 3.63) is 39.1 Å². The van der Waals surface area contributed by atoms with Crippen LogP contribution in [0.5, 0.6) is 5.75 Å². The molecule has 1 heterocycles. The summed E-state index contributed by atoms with van der Waals surface area (Å²) in [6.45, 7) is 0. The monoisotopic (exact) mass is 281 g/mol. The zero-order chi connectivity index (χ0) is 11.7. The molecule has 82 valence electrons. The zero-order valence-corrected chi connectivity index (χ0v) is 9.65. The fourth-order valence-electron chi connectivity index (χ4n) is 1.32. The van der Waals surface area contributed by atoms with E-state index in [2.05, 4.69) is 25.9 Å². The first-order valence-electron chi connectivity index (χ1n) is 4.42. The van der Waals surface area contributed by atoms with Crippen molar-refractivity contribution >= 4 is 21.9 Å². The fraction of sp³-hybridized carbons (Fsp3) is 0. The second-order valence-corrected chi connectivity index (χ2v) is 3.96. The van der Waals surface area contributed by atoms with Gasteiger partial charge in [0.25, 0.3) is 5.56 Å². The predicted octanol–water partition coefficient (Wildman–Crippen LogP) is 1.49. The van der Waals surface area contributed by atoms with E-state index in [4.69, 9.17) is 5.73 Å². The standard InChI is InChI=1S/C10H8BrN3O2/c11-7-8(13-10(12)14-9(7)16)5-2-1-3-6(15)4-5/h1-4,15H,(H3,12,13,14,16). The average molecular weight is 282 g/mol. The van der Waals surface area contributed by atoms with Crippen LogP contribution in [0.2, 0.25) is 0 Å². The summed E-state index contributed by atoms with van der Waals surface area (Å²) in [4.78, 5) is 17.8. The quantitative estimate of drug-likeness (QED) is 0.738. The summed E-state index contributed by atoms with van der Waals surface area (Å²) in [7, 11) is 0. The lowest BCUT2D eigenvalue weighted by Gasteiger charge is -2.04. The van der Waals surface area contributed by atoms with Crippen LogP contribution in [0.3, 0.4) is 0 Å². The number of nitrogens with two attached hydrogens (primary N) is 1. The summed E-state index contributed by atoms with van der Waals surface area (Å²) in [5.74, 6) is 0.136. The van der Waals surface area contributed by atoms with Crippen molar-refractivity contribution < 1.29 is 5.11 Å². The summed E-state index contributed by atoms with van der Waals surface area (Å²) in [6.07, 6.45) is 0. The number of anilines is 1. The molecular weight excluding hydrogens is 274 g/mol. The number of nitrogens with zero attached hydrogens (tertiary/aromatic N) is 1. The highest BCUT2D eigenvalue weighted by molar-refractivity contribution is 9.10. The van der Waals surface area contributed by atoms with E-state index < -0.39 is 0 Å². The van der Waals surface area contributed by atoms with Crippen molar-refractivity contribution in [1.29, 1.82) is 0 Å². The van der Waals surface area contributed by atoms with Crippen LogP contribution in [0.25, 0.3) is 11.3 Å². The van der Waals surface area contributed by atoms with Gasteiger partial charge >= 0.3 is 0 Å². The summed E-state index contributed by atoms with van der Waals surface area (Å²) < 4.78 is 0.285. The molecule has 0 radical (unpaired) electrons. The first-order valence-corrected chi connectivity index (χ1v) is 5.22. The second-order valence-electron chi connectivity index (χ2n) is 3.16. The highest BCUT2D eigenvalue weighted by atomic mass is 79.9. The van der Waals surface area contributed by atoms with Gasteiger partial charge in [-0.2, -0.15) is 0 Å². The highest BCUT2D eigenvalue weighted by Crippen LogP contribution is 2.26. The van der Waals surface area contributed by atoms with Crippen LogP contribution < -0.4 is 11.3 Å². The van der Waals surface area contributed by atoms with E-state index in [1.165, 1.54) is 12.1 Å². The minimum atomic E-state index is -0.356. The van der Waals surface area contributed by atoms with E-state index >= 15 is 0 Å². The molecule has 0 atom stereocenters. The van der Waals surface area contributed by atoms with Gasteiger partial charge in [-0.05, 0) is 28.1 Å². The molecule has 2 rings (SSSR count). The Kier molecular flexibility index (Phi) is 2.66. The molecule has 0 unspecified atom stereocenters. The van der Waals surface area contributed by atoms with Crippen LogP contribution in [0.1, 0.15) is 0 Å². The van der Waals surface area contributed by atoms with Crippen LogP contribution >= 0.6 is 15.9 Å². The Balaban J connectivity index is 2.69. The molecule has 16 heavy (non-hydrogen) atoms. The Hall–Kier alpha value is -1.82. The molecule has 0 bridgehead atoms. The molecule has 0 aliphatic heterocycles. The number of hydrogen-bond acceptors (Lipinski definition) is 4. The lowest BCUT2D eigenvalue weighted by molar-refractivity contribution is 0.475. The molecule has 5 nitrogen and oxygen atoms in total. The largest absolute Gasteiger partial charge is 0.508 e.